The summed E-state index contributed by atoms with van der Waals surface area (Å²) < 4.78 is 4.92. The Morgan fingerprint density at radius 2 is 1.10 bits per heavy atom. The molecule has 0 aliphatic heterocycles. The summed E-state index contributed by atoms with van der Waals surface area (Å²) in [5.41, 5.74) is 13.4. The summed E-state index contributed by atoms with van der Waals surface area (Å²) in [5.74, 6) is 0.704. The van der Waals surface area contributed by atoms with Gasteiger partial charge >= 0.3 is 0 Å². The van der Waals surface area contributed by atoms with E-state index in [9.17, 15) is 0 Å². The fourth-order valence-electron chi connectivity index (χ4n) is 9.58. The molecule has 5 aromatic carbocycles. The van der Waals surface area contributed by atoms with Gasteiger partial charge in [0.25, 0.3) is 0 Å². The first-order valence-corrected chi connectivity index (χ1v) is 18.8. The van der Waals surface area contributed by atoms with Crippen molar-refractivity contribution in [2.24, 2.45) is 17.3 Å². The maximum atomic E-state index is 2.51. The lowest BCUT2D eigenvalue weighted by Crippen LogP contribution is -2.31. The number of allylic oxidation sites excluding steroid dienone is 12. The van der Waals surface area contributed by atoms with Gasteiger partial charge in [-0.15, -0.1) is 0 Å². The highest BCUT2D eigenvalue weighted by Gasteiger charge is 2.40. The molecule has 0 radical (unpaired) electrons. The van der Waals surface area contributed by atoms with Crippen molar-refractivity contribution >= 4 is 54.9 Å². The van der Waals surface area contributed by atoms with Crippen LogP contribution in [0, 0.1) is 17.3 Å². The van der Waals surface area contributed by atoms with Gasteiger partial charge in [-0.1, -0.05) is 152 Å². The predicted octanol–water partition coefficient (Wildman–Crippen LogP) is 13.3. The zero-order chi connectivity index (χ0) is 34.8. The topological polar surface area (TPSA) is 9.86 Å². The second-order valence-electron chi connectivity index (χ2n) is 15.1. The van der Waals surface area contributed by atoms with Crippen LogP contribution in [0.15, 0.2) is 181 Å². The summed E-state index contributed by atoms with van der Waals surface area (Å²) in [6.45, 7) is 4.92. The Kier molecular flexibility index (Phi) is 7.21. The minimum absolute atomic E-state index is 0.0519. The van der Waals surface area contributed by atoms with Gasteiger partial charge in [0.2, 0.25) is 0 Å². The number of rotatable bonds is 5. The van der Waals surface area contributed by atoms with Crippen molar-refractivity contribution in [2.45, 2.75) is 33.1 Å². The molecule has 3 aliphatic rings. The van der Waals surface area contributed by atoms with Crippen molar-refractivity contribution in [2.75, 3.05) is 0 Å². The molecule has 52 heavy (non-hydrogen) atoms. The summed E-state index contributed by atoms with van der Waals surface area (Å²) in [4.78, 5) is 0. The van der Waals surface area contributed by atoms with E-state index in [1.165, 1.54) is 77.3 Å². The molecule has 3 aliphatic carbocycles. The Hall–Kier alpha value is -5.86. The van der Waals surface area contributed by atoms with Crippen molar-refractivity contribution < 1.29 is 0 Å². The van der Waals surface area contributed by atoms with Gasteiger partial charge in [0.1, 0.15) is 0 Å². The minimum atomic E-state index is -0.0519. The third kappa shape index (κ3) is 4.70. The molecular weight excluding hydrogens is 629 g/mol. The highest BCUT2D eigenvalue weighted by Crippen LogP contribution is 2.53. The van der Waals surface area contributed by atoms with Crippen molar-refractivity contribution in [1.29, 1.82) is 0 Å². The molecule has 0 bridgehead atoms. The Labute approximate surface area is 305 Å². The molecular formula is C50H42N2. The molecule has 2 heteroatoms. The van der Waals surface area contributed by atoms with Gasteiger partial charge in [0.05, 0.1) is 22.1 Å². The Balaban J connectivity index is 1.01. The van der Waals surface area contributed by atoms with Gasteiger partial charge < -0.3 is 9.13 Å². The second kappa shape index (κ2) is 12.1. The van der Waals surface area contributed by atoms with Gasteiger partial charge in [0, 0.05) is 50.2 Å². The Morgan fingerprint density at radius 3 is 1.67 bits per heavy atom. The van der Waals surface area contributed by atoms with Crippen LogP contribution in [-0.4, -0.2) is 9.13 Å². The van der Waals surface area contributed by atoms with Crippen molar-refractivity contribution in [1.82, 2.24) is 9.13 Å². The first-order valence-electron chi connectivity index (χ1n) is 18.8. The first-order chi connectivity index (χ1) is 25.6. The van der Waals surface area contributed by atoms with Gasteiger partial charge in [0.15, 0.2) is 0 Å². The zero-order valence-corrected chi connectivity index (χ0v) is 29.8. The van der Waals surface area contributed by atoms with Gasteiger partial charge in [-0.25, -0.2) is 0 Å². The molecule has 0 saturated carbocycles. The molecule has 0 N–H and O–H groups in total. The molecule has 2 nitrogen and oxygen atoms in total. The number of para-hydroxylation sites is 4. The van der Waals surface area contributed by atoms with Crippen LogP contribution in [0.2, 0.25) is 0 Å². The average molecular weight is 671 g/mol. The lowest BCUT2D eigenvalue weighted by Gasteiger charge is -2.43. The van der Waals surface area contributed by atoms with E-state index in [4.69, 9.17) is 0 Å². The molecule has 3 unspecified atom stereocenters. The number of hydrogen-bond donors (Lipinski definition) is 0. The molecule has 0 fully saturated rings. The predicted molar refractivity (Wildman–Crippen MR) is 222 cm³/mol. The van der Waals surface area contributed by atoms with E-state index >= 15 is 0 Å². The number of benzene rings is 5. The van der Waals surface area contributed by atoms with E-state index in [1.54, 1.807) is 0 Å². The summed E-state index contributed by atoms with van der Waals surface area (Å²) in [6, 6.07) is 44.5. The molecule has 0 saturated heterocycles. The van der Waals surface area contributed by atoms with E-state index in [0.29, 0.717) is 11.8 Å². The summed E-state index contributed by atoms with van der Waals surface area (Å²) in [7, 11) is 0. The van der Waals surface area contributed by atoms with Crippen LogP contribution in [0.25, 0.3) is 60.6 Å². The quantitative estimate of drug-likeness (QED) is 0.172. The molecule has 252 valence electrons. The SMILES string of the molecule is CC1CC(C2(C)CC=CC=C2C2CC=CC=C2c2ccc(-n3c4ccccc4c4ccccc43)cc2)=CC=C1n1c2ccccc2c2ccccc21. The third-order valence-corrected chi connectivity index (χ3v) is 12.2. The zero-order valence-electron chi connectivity index (χ0n) is 29.8. The van der Waals surface area contributed by atoms with E-state index < -0.39 is 0 Å². The smallest absolute Gasteiger partial charge is 0.0541 e. The summed E-state index contributed by atoms with van der Waals surface area (Å²) in [5, 5.41) is 5.23. The van der Waals surface area contributed by atoms with Crippen LogP contribution < -0.4 is 0 Å². The fraction of sp³-hybridized carbons (Fsp3) is 0.160. The number of hydrogen-bond acceptors (Lipinski definition) is 0. The summed E-state index contributed by atoms with van der Waals surface area (Å²) >= 11 is 0. The average Bonchev–Trinajstić information content (AvgIpc) is 3.71. The Bertz CT molecular complexity index is 2630. The normalized spacial score (nSPS) is 21.8. The van der Waals surface area contributed by atoms with E-state index in [-0.39, 0.29) is 5.41 Å². The maximum absolute atomic E-state index is 2.51. The van der Waals surface area contributed by atoms with E-state index in [2.05, 4.69) is 193 Å². The second-order valence-corrected chi connectivity index (χ2v) is 15.1. The standard InChI is InChI=1S/C50H42N2/c1-34-33-36(28-31-45(34)52-48-24-11-7-19-42(48)43-20-8-12-25-49(43)52)50(2)32-14-13-21-44(50)39-16-4-3-15-38(39)35-26-29-37(30-27-35)51-46-22-9-5-17-40(46)41-18-6-10-23-47(41)51/h3-15,17-31,34,39H,16,32-33H2,1-2H3. The lowest BCUT2D eigenvalue weighted by atomic mass is 9.61. The maximum Gasteiger partial charge on any atom is 0.0541 e. The van der Waals surface area contributed by atoms with E-state index in [0.717, 1.165) is 19.3 Å². The highest BCUT2D eigenvalue weighted by molar-refractivity contribution is 6.10. The highest BCUT2D eigenvalue weighted by atomic mass is 15.0. The van der Waals surface area contributed by atoms with Crippen molar-refractivity contribution in [3.63, 3.8) is 0 Å². The van der Waals surface area contributed by atoms with Crippen molar-refractivity contribution in [3.05, 3.63) is 187 Å². The van der Waals surface area contributed by atoms with Crippen LogP contribution in [0.3, 0.4) is 0 Å². The summed E-state index contributed by atoms with van der Waals surface area (Å²) in [6.07, 6.45) is 22.1. The van der Waals surface area contributed by atoms with Crippen LogP contribution in [0.1, 0.15) is 38.7 Å². The monoisotopic (exact) mass is 670 g/mol. The third-order valence-electron chi connectivity index (χ3n) is 12.2. The van der Waals surface area contributed by atoms with Gasteiger partial charge in [-0.2, -0.15) is 0 Å². The largest absolute Gasteiger partial charge is 0.313 e. The molecule has 2 heterocycles. The number of nitrogens with zero attached hydrogens (tertiary/aromatic N) is 2. The molecule has 0 spiro atoms. The number of fused-ring (bicyclic) bond motifs is 6. The molecule has 7 aromatic rings. The van der Waals surface area contributed by atoms with Crippen LogP contribution in [0.4, 0.5) is 0 Å². The fourth-order valence-corrected chi connectivity index (χ4v) is 9.58. The van der Waals surface area contributed by atoms with E-state index in [1.807, 2.05) is 0 Å². The minimum Gasteiger partial charge on any atom is -0.313 e. The lowest BCUT2D eigenvalue weighted by molar-refractivity contribution is 0.412. The first kappa shape index (κ1) is 30.9. The molecule has 0 amide bonds. The van der Waals surface area contributed by atoms with Gasteiger partial charge in [-0.3, -0.25) is 0 Å². The van der Waals surface area contributed by atoms with Crippen LogP contribution >= 0.6 is 0 Å². The van der Waals surface area contributed by atoms with Crippen LogP contribution in [-0.2, 0) is 0 Å². The molecule has 3 atom stereocenters. The number of aromatic nitrogens is 2. The van der Waals surface area contributed by atoms with Gasteiger partial charge in [-0.05, 0) is 72.9 Å². The van der Waals surface area contributed by atoms with Crippen molar-refractivity contribution in [3.8, 4) is 5.69 Å². The Morgan fingerprint density at radius 1 is 0.558 bits per heavy atom. The molecule has 10 rings (SSSR count). The molecule has 2 aromatic heterocycles. The van der Waals surface area contributed by atoms with Crippen LogP contribution in [0.5, 0.6) is 0 Å².